The standard InChI is InChI=1S/C13H19NO4/c1-3-18-13(16)6-7-14-9-10-4-5-11(17-2)8-12(10)15/h4-5,8,14-15H,3,6-7,9H2,1-2H3. The summed E-state index contributed by atoms with van der Waals surface area (Å²) in [6.07, 6.45) is 0.324. The van der Waals surface area contributed by atoms with E-state index in [0.29, 0.717) is 31.9 Å². The van der Waals surface area contributed by atoms with E-state index < -0.39 is 0 Å². The Hall–Kier alpha value is -1.75. The third-order valence-electron chi connectivity index (χ3n) is 2.42. The summed E-state index contributed by atoms with van der Waals surface area (Å²) in [7, 11) is 1.55. The van der Waals surface area contributed by atoms with Crippen LogP contribution >= 0.6 is 0 Å². The number of rotatable bonds is 7. The number of phenols is 1. The molecular weight excluding hydrogens is 234 g/mol. The van der Waals surface area contributed by atoms with Gasteiger partial charge in [0.15, 0.2) is 0 Å². The van der Waals surface area contributed by atoms with Crippen molar-refractivity contribution in [2.24, 2.45) is 0 Å². The zero-order valence-electron chi connectivity index (χ0n) is 10.7. The van der Waals surface area contributed by atoms with Crippen LogP contribution in [0.4, 0.5) is 0 Å². The molecule has 0 spiro atoms. The molecule has 0 aliphatic rings. The lowest BCUT2D eigenvalue weighted by molar-refractivity contribution is -0.142. The fraction of sp³-hybridized carbons (Fsp3) is 0.462. The SMILES string of the molecule is CCOC(=O)CCNCc1ccc(OC)cc1O. The molecule has 0 heterocycles. The van der Waals surface area contributed by atoms with Crippen LogP contribution < -0.4 is 10.1 Å². The van der Waals surface area contributed by atoms with Gasteiger partial charge in [0.1, 0.15) is 11.5 Å². The minimum absolute atomic E-state index is 0.179. The number of carbonyl (C=O) groups excluding carboxylic acids is 1. The van der Waals surface area contributed by atoms with Gasteiger partial charge in [-0.15, -0.1) is 0 Å². The predicted molar refractivity (Wildman–Crippen MR) is 67.6 cm³/mol. The molecule has 0 atom stereocenters. The molecule has 0 saturated heterocycles. The topological polar surface area (TPSA) is 67.8 Å². The van der Waals surface area contributed by atoms with E-state index >= 15 is 0 Å². The molecule has 0 bridgehead atoms. The molecule has 0 aliphatic heterocycles. The number of nitrogens with one attached hydrogen (secondary N) is 1. The molecule has 0 fully saturated rings. The van der Waals surface area contributed by atoms with Crippen molar-refractivity contribution in [3.8, 4) is 11.5 Å². The number of benzene rings is 1. The second kappa shape index (κ2) is 7.55. The summed E-state index contributed by atoms with van der Waals surface area (Å²) in [5, 5.41) is 12.8. The van der Waals surface area contributed by atoms with Crippen LogP contribution in [0.15, 0.2) is 18.2 Å². The number of hydrogen-bond donors (Lipinski definition) is 2. The first-order valence-electron chi connectivity index (χ1n) is 5.89. The zero-order chi connectivity index (χ0) is 13.4. The Bertz CT molecular complexity index is 393. The highest BCUT2D eigenvalue weighted by atomic mass is 16.5. The normalized spacial score (nSPS) is 10.1. The number of hydrogen-bond acceptors (Lipinski definition) is 5. The quantitative estimate of drug-likeness (QED) is 0.568. The van der Waals surface area contributed by atoms with Gasteiger partial charge in [-0.3, -0.25) is 4.79 Å². The Morgan fingerprint density at radius 3 is 2.83 bits per heavy atom. The fourth-order valence-corrected chi connectivity index (χ4v) is 1.47. The number of ether oxygens (including phenoxy) is 2. The number of carbonyl (C=O) groups is 1. The Morgan fingerprint density at radius 1 is 1.44 bits per heavy atom. The summed E-state index contributed by atoms with van der Waals surface area (Å²) < 4.78 is 9.80. The first kappa shape index (κ1) is 14.3. The maximum Gasteiger partial charge on any atom is 0.307 e. The highest BCUT2D eigenvalue weighted by Gasteiger charge is 2.04. The molecule has 0 amide bonds. The molecule has 18 heavy (non-hydrogen) atoms. The number of esters is 1. The number of methoxy groups -OCH3 is 1. The summed E-state index contributed by atoms with van der Waals surface area (Å²) >= 11 is 0. The molecule has 1 aromatic carbocycles. The van der Waals surface area contributed by atoms with Crippen molar-refractivity contribution in [2.45, 2.75) is 19.9 Å². The first-order valence-corrected chi connectivity index (χ1v) is 5.89. The molecule has 0 aliphatic carbocycles. The van der Waals surface area contributed by atoms with Gasteiger partial charge in [-0.2, -0.15) is 0 Å². The lowest BCUT2D eigenvalue weighted by Gasteiger charge is -2.08. The van der Waals surface area contributed by atoms with E-state index in [0.717, 1.165) is 5.56 Å². The maximum atomic E-state index is 11.1. The lowest BCUT2D eigenvalue weighted by Crippen LogP contribution is -2.19. The Morgan fingerprint density at radius 2 is 2.22 bits per heavy atom. The van der Waals surface area contributed by atoms with E-state index in [1.165, 1.54) is 0 Å². The second-order valence-corrected chi connectivity index (χ2v) is 3.73. The molecule has 1 aromatic rings. The molecular formula is C13H19NO4. The van der Waals surface area contributed by atoms with E-state index in [9.17, 15) is 9.90 Å². The molecule has 0 radical (unpaired) electrons. The molecule has 100 valence electrons. The van der Waals surface area contributed by atoms with Crippen molar-refractivity contribution in [2.75, 3.05) is 20.3 Å². The van der Waals surface area contributed by atoms with Crippen molar-refractivity contribution >= 4 is 5.97 Å². The molecule has 0 aromatic heterocycles. The number of phenolic OH excluding ortho intramolecular Hbond substituents is 1. The largest absolute Gasteiger partial charge is 0.507 e. The van der Waals surface area contributed by atoms with Crippen LogP contribution in [0.25, 0.3) is 0 Å². The van der Waals surface area contributed by atoms with Gasteiger partial charge < -0.3 is 19.9 Å². The number of aromatic hydroxyl groups is 1. The van der Waals surface area contributed by atoms with E-state index in [1.54, 1.807) is 32.2 Å². The lowest BCUT2D eigenvalue weighted by atomic mass is 10.2. The van der Waals surface area contributed by atoms with Gasteiger partial charge in [0, 0.05) is 24.7 Å². The van der Waals surface area contributed by atoms with E-state index in [-0.39, 0.29) is 11.7 Å². The fourth-order valence-electron chi connectivity index (χ4n) is 1.47. The average Bonchev–Trinajstić information content (AvgIpc) is 2.36. The van der Waals surface area contributed by atoms with Crippen LogP contribution in [0.1, 0.15) is 18.9 Å². The van der Waals surface area contributed by atoms with E-state index in [2.05, 4.69) is 5.32 Å². The third kappa shape index (κ3) is 4.63. The highest BCUT2D eigenvalue weighted by Crippen LogP contribution is 2.22. The van der Waals surface area contributed by atoms with Crippen LogP contribution in [0.5, 0.6) is 11.5 Å². The Kier molecular flexibility index (Phi) is 6.00. The van der Waals surface area contributed by atoms with Gasteiger partial charge in [0.2, 0.25) is 0 Å². The van der Waals surface area contributed by atoms with Crippen molar-refractivity contribution in [3.63, 3.8) is 0 Å². The third-order valence-corrected chi connectivity index (χ3v) is 2.42. The smallest absolute Gasteiger partial charge is 0.307 e. The molecule has 0 unspecified atom stereocenters. The highest BCUT2D eigenvalue weighted by molar-refractivity contribution is 5.69. The van der Waals surface area contributed by atoms with E-state index in [1.807, 2.05) is 0 Å². The van der Waals surface area contributed by atoms with Crippen LogP contribution in [0.2, 0.25) is 0 Å². The van der Waals surface area contributed by atoms with Crippen LogP contribution in [-0.2, 0) is 16.1 Å². The summed E-state index contributed by atoms with van der Waals surface area (Å²) in [6.45, 7) is 3.19. The van der Waals surface area contributed by atoms with Gasteiger partial charge in [0.25, 0.3) is 0 Å². The summed E-state index contributed by atoms with van der Waals surface area (Å²) in [6, 6.07) is 5.12. The summed E-state index contributed by atoms with van der Waals surface area (Å²) in [5.41, 5.74) is 0.764. The van der Waals surface area contributed by atoms with Gasteiger partial charge in [-0.05, 0) is 13.0 Å². The average molecular weight is 253 g/mol. The Balaban J connectivity index is 2.33. The van der Waals surface area contributed by atoms with Crippen molar-refractivity contribution in [3.05, 3.63) is 23.8 Å². The summed E-state index contributed by atoms with van der Waals surface area (Å²) in [4.78, 5) is 11.1. The van der Waals surface area contributed by atoms with E-state index in [4.69, 9.17) is 9.47 Å². The predicted octanol–water partition coefficient (Wildman–Crippen LogP) is 1.44. The second-order valence-electron chi connectivity index (χ2n) is 3.73. The maximum absolute atomic E-state index is 11.1. The summed E-state index contributed by atoms with van der Waals surface area (Å²) in [5.74, 6) is 0.574. The van der Waals surface area contributed by atoms with Gasteiger partial charge >= 0.3 is 5.97 Å². The van der Waals surface area contributed by atoms with Crippen LogP contribution in [-0.4, -0.2) is 31.3 Å². The molecule has 1 rings (SSSR count). The van der Waals surface area contributed by atoms with Crippen molar-refractivity contribution in [1.82, 2.24) is 5.32 Å². The minimum atomic E-state index is -0.219. The Labute approximate surface area is 107 Å². The van der Waals surface area contributed by atoms with Crippen molar-refractivity contribution < 1.29 is 19.4 Å². The minimum Gasteiger partial charge on any atom is -0.507 e. The first-order chi connectivity index (χ1) is 8.67. The van der Waals surface area contributed by atoms with Gasteiger partial charge in [-0.1, -0.05) is 6.07 Å². The molecule has 5 nitrogen and oxygen atoms in total. The molecule has 0 saturated carbocycles. The van der Waals surface area contributed by atoms with Crippen LogP contribution in [0, 0.1) is 0 Å². The van der Waals surface area contributed by atoms with Gasteiger partial charge in [-0.25, -0.2) is 0 Å². The van der Waals surface area contributed by atoms with Crippen molar-refractivity contribution in [1.29, 1.82) is 0 Å². The molecule has 2 N–H and O–H groups in total. The zero-order valence-corrected chi connectivity index (χ0v) is 10.7. The molecule has 5 heteroatoms. The monoisotopic (exact) mass is 253 g/mol. The van der Waals surface area contributed by atoms with Gasteiger partial charge in [0.05, 0.1) is 20.1 Å². The van der Waals surface area contributed by atoms with Crippen LogP contribution in [0.3, 0.4) is 0 Å².